The van der Waals surface area contributed by atoms with Gasteiger partial charge in [0, 0.05) is 37.2 Å². The number of rotatable bonds is 7. The Morgan fingerprint density at radius 3 is 2.50 bits per heavy atom. The molecule has 0 fully saturated rings. The number of anilines is 1. The second kappa shape index (κ2) is 8.71. The zero-order valence-corrected chi connectivity index (χ0v) is 14.2. The number of carbonyl (C=O) groups excluding carboxylic acids is 1. The smallest absolute Gasteiger partial charge is 0.251 e. The van der Waals surface area contributed by atoms with E-state index in [1.807, 2.05) is 12.1 Å². The molecule has 2 aromatic heterocycles. The molecule has 2 heterocycles. The van der Waals surface area contributed by atoms with E-state index in [4.69, 9.17) is 0 Å². The van der Waals surface area contributed by atoms with E-state index < -0.39 is 0 Å². The molecule has 0 spiro atoms. The summed E-state index contributed by atoms with van der Waals surface area (Å²) in [6.07, 6.45) is 5.72. The number of hydrogen-bond donors (Lipinski definition) is 2. The summed E-state index contributed by atoms with van der Waals surface area (Å²) in [6, 6.07) is 13.5. The number of halogens is 1. The van der Waals surface area contributed by atoms with Crippen LogP contribution >= 0.6 is 0 Å². The van der Waals surface area contributed by atoms with Gasteiger partial charge in [0.15, 0.2) is 0 Å². The van der Waals surface area contributed by atoms with Crippen LogP contribution in [0.15, 0.2) is 67.1 Å². The van der Waals surface area contributed by atoms with Gasteiger partial charge in [-0.1, -0.05) is 12.1 Å². The average Bonchev–Trinajstić information content (AvgIpc) is 2.69. The third-order valence-electron chi connectivity index (χ3n) is 3.86. The quantitative estimate of drug-likeness (QED) is 0.687. The minimum Gasteiger partial charge on any atom is -0.370 e. The van der Waals surface area contributed by atoms with Crippen LogP contribution in [0.3, 0.4) is 0 Å². The zero-order valence-electron chi connectivity index (χ0n) is 14.2. The van der Waals surface area contributed by atoms with E-state index in [0.29, 0.717) is 24.5 Å². The van der Waals surface area contributed by atoms with Crippen LogP contribution in [0, 0.1) is 5.82 Å². The SMILES string of the molecule is O=C(NCc1ccncc1)c1ccnc(NCCc2ccc(F)cc2)c1. The minimum absolute atomic E-state index is 0.161. The number of amides is 1. The molecule has 1 amide bonds. The van der Waals surface area contributed by atoms with Gasteiger partial charge >= 0.3 is 0 Å². The van der Waals surface area contributed by atoms with Crippen molar-refractivity contribution in [2.24, 2.45) is 0 Å². The van der Waals surface area contributed by atoms with Crippen molar-refractivity contribution in [1.82, 2.24) is 15.3 Å². The Hall–Kier alpha value is -3.28. The van der Waals surface area contributed by atoms with Crippen molar-refractivity contribution in [3.05, 3.63) is 89.6 Å². The summed E-state index contributed by atoms with van der Waals surface area (Å²) >= 11 is 0. The first-order valence-corrected chi connectivity index (χ1v) is 8.32. The zero-order chi connectivity index (χ0) is 18.2. The van der Waals surface area contributed by atoms with Crippen LogP contribution in [0.25, 0.3) is 0 Å². The molecule has 2 N–H and O–H groups in total. The molecular formula is C20H19FN4O. The predicted octanol–water partition coefficient (Wildman–Crippen LogP) is 3.20. The third-order valence-corrected chi connectivity index (χ3v) is 3.86. The first-order valence-electron chi connectivity index (χ1n) is 8.32. The number of carbonyl (C=O) groups is 1. The van der Waals surface area contributed by atoms with E-state index in [-0.39, 0.29) is 11.7 Å². The van der Waals surface area contributed by atoms with E-state index in [2.05, 4.69) is 20.6 Å². The van der Waals surface area contributed by atoms with Gasteiger partial charge in [-0.05, 0) is 53.9 Å². The molecule has 0 bridgehead atoms. The summed E-state index contributed by atoms with van der Waals surface area (Å²) in [7, 11) is 0. The molecule has 0 saturated heterocycles. The highest BCUT2D eigenvalue weighted by atomic mass is 19.1. The minimum atomic E-state index is -0.242. The molecular weight excluding hydrogens is 331 g/mol. The molecule has 5 nitrogen and oxygen atoms in total. The number of pyridine rings is 2. The largest absolute Gasteiger partial charge is 0.370 e. The van der Waals surface area contributed by atoms with Gasteiger partial charge in [0.05, 0.1) is 0 Å². The summed E-state index contributed by atoms with van der Waals surface area (Å²) in [4.78, 5) is 20.5. The topological polar surface area (TPSA) is 66.9 Å². The number of nitrogens with zero attached hydrogens (tertiary/aromatic N) is 2. The van der Waals surface area contributed by atoms with E-state index in [1.54, 1.807) is 42.9 Å². The average molecular weight is 350 g/mol. The van der Waals surface area contributed by atoms with Gasteiger partial charge in [-0.3, -0.25) is 9.78 Å². The van der Waals surface area contributed by atoms with Crippen LogP contribution in [0.4, 0.5) is 10.2 Å². The fraction of sp³-hybridized carbons (Fsp3) is 0.150. The molecule has 0 radical (unpaired) electrons. The maximum Gasteiger partial charge on any atom is 0.251 e. The van der Waals surface area contributed by atoms with Crippen molar-refractivity contribution >= 4 is 11.7 Å². The van der Waals surface area contributed by atoms with Crippen molar-refractivity contribution in [2.75, 3.05) is 11.9 Å². The predicted molar refractivity (Wildman–Crippen MR) is 98.2 cm³/mol. The fourth-order valence-corrected chi connectivity index (χ4v) is 2.44. The van der Waals surface area contributed by atoms with Gasteiger partial charge in [0.25, 0.3) is 5.91 Å². The molecule has 1 aromatic carbocycles. The molecule has 0 aliphatic heterocycles. The summed E-state index contributed by atoms with van der Waals surface area (Å²) in [5, 5.41) is 6.06. The van der Waals surface area contributed by atoms with Crippen molar-refractivity contribution < 1.29 is 9.18 Å². The molecule has 26 heavy (non-hydrogen) atoms. The van der Waals surface area contributed by atoms with Crippen molar-refractivity contribution in [3.8, 4) is 0 Å². The molecule has 0 aliphatic rings. The monoisotopic (exact) mass is 350 g/mol. The Labute approximate surface area is 151 Å². The highest BCUT2D eigenvalue weighted by Crippen LogP contribution is 2.09. The van der Waals surface area contributed by atoms with Crippen LogP contribution in [0.2, 0.25) is 0 Å². The van der Waals surface area contributed by atoms with E-state index >= 15 is 0 Å². The van der Waals surface area contributed by atoms with Crippen LogP contribution in [0.1, 0.15) is 21.5 Å². The van der Waals surface area contributed by atoms with Crippen molar-refractivity contribution in [1.29, 1.82) is 0 Å². The number of nitrogens with one attached hydrogen (secondary N) is 2. The summed E-state index contributed by atoms with van der Waals surface area (Å²) in [5.74, 6) is 0.225. The molecule has 0 aliphatic carbocycles. The fourth-order valence-electron chi connectivity index (χ4n) is 2.44. The maximum atomic E-state index is 12.9. The lowest BCUT2D eigenvalue weighted by molar-refractivity contribution is 0.0951. The highest BCUT2D eigenvalue weighted by molar-refractivity contribution is 5.94. The van der Waals surface area contributed by atoms with E-state index in [1.165, 1.54) is 12.1 Å². The Bertz CT molecular complexity index is 853. The Balaban J connectivity index is 1.52. The van der Waals surface area contributed by atoms with Crippen LogP contribution < -0.4 is 10.6 Å². The lowest BCUT2D eigenvalue weighted by Gasteiger charge is -2.08. The third kappa shape index (κ3) is 5.11. The number of hydrogen-bond acceptors (Lipinski definition) is 4. The number of benzene rings is 1. The Kier molecular flexibility index (Phi) is 5.88. The number of aromatic nitrogens is 2. The summed E-state index contributed by atoms with van der Waals surface area (Å²) < 4.78 is 12.9. The highest BCUT2D eigenvalue weighted by Gasteiger charge is 2.07. The van der Waals surface area contributed by atoms with Gasteiger partial charge in [0.2, 0.25) is 0 Å². The molecule has 0 saturated carbocycles. The van der Waals surface area contributed by atoms with Crippen molar-refractivity contribution in [2.45, 2.75) is 13.0 Å². The maximum absolute atomic E-state index is 12.9. The first-order chi connectivity index (χ1) is 12.7. The van der Waals surface area contributed by atoms with E-state index in [9.17, 15) is 9.18 Å². The van der Waals surface area contributed by atoms with Crippen LogP contribution in [-0.4, -0.2) is 22.4 Å². The van der Waals surface area contributed by atoms with Crippen molar-refractivity contribution in [3.63, 3.8) is 0 Å². The first kappa shape index (κ1) is 17.5. The van der Waals surface area contributed by atoms with Gasteiger partial charge in [-0.15, -0.1) is 0 Å². The van der Waals surface area contributed by atoms with Gasteiger partial charge in [0.1, 0.15) is 11.6 Å². The molecule has 0 unspecified atom stereocenters. The summed E-state index contributed by atoms with van der Waals surface area (Å²) in [6.45, 7) is 1.08. The molecule has 0 atom stereocenters. The molecule has 6 heteroatoms. The molecule has 3 rings (SSSR count). The second-order valence-corrected chi connectivity index (χ2v) is 5.77. The molecule has 3 aromatic rings. The van der Waals surface area contributed by atoms with Crippen LogP contribution in [-0.2, 0) is 13.0 Å². The second-order valence-electron chi connectivity index (χ2n) is 5.77. The van der Waals surface area contributed by atoms with Gasteiger partial charge < -0.3 is 10.6 Å². The van der Waals surface area contributed by atoms with Gasteiger partial charge in [-0.2, -0.15) is 0 Å². The lowest BCUT2D eigenvalue weighted by atomic mass is 10.1. The Morgan fingerprint density at radius 2 is 1.73 bits per heavy atom. The Morgan fingerprint density at radius 1 is 0.962 bits per heavy atom. The standard InChI is InChI=1S/C20H19FN4O/c21-18-3-1-15(2-4-18)7-11-23-19-13-17(8-12-24-19)20(26)25-14-16-5-9-22-10-6-16/h1-6,8-10,12-13H,7,11,14H2,(H,23,24)(H,25,26). The summed E-state index contributed by atoms with van der Waals surface area (Å²) in [5.41, 5.74) is 2.56. The van der Waals surface area contributed by atoms with Crippen LogP contribution in [0.5, 0.6) is 0 Å². The lowest BCUT2D eigenvalue weighted by Crippen LogP contribution is -2.23. The normalized spacial score (nSPS) is 10.3. The molecule has 132 valence electrons. The van der Waals surface area contributed by atoms with Gasteiger partial charge in [-0.25, -0.2) is 9.37 Å². The van der Waals surface area contributed by atoms with E-state index in [0.717, 1.165) is 17.5 Å².